The lowest BCUT2D eigenvalue weighted by molar-refractivity contribution is -0.137. The Bertz CT molecular complexity index is 996. The van der Waals surface area contributed by atoms with Crippen LogP contribution in [0.4, 0.5) is 0 Å². The number of hydrogen-bond donors (Lipinski definition) is 0. The molecular weight excluding hydrogens is 358 g/mol. The smallest absolute Gasteiger partial charge is 0.349 e. The van der Waals surface area contributed by atoms with E-state index in [4.69, 9.17) is 4.74 Å². The summed E-state index contributed by atoms with van der Waals surface area (Å²) < 4.78 is 6.78. The molecule has 5 nitrogen and oxygen atoms in total. The first-order valence-electron chi connectivity index (χ1n) is 8.26. The van der Waals surface area contributed by atoms with E-state index in [1.54, 1.807) is 16.0 Å². The fraction of sp³-hybridized carbons (Fsp3) is 0.0952. The molecule has 0 fully saturated rings. The third-order valence-electron chi connectivity index (χ3n) is 3.70. The minimum atomic E-state index is -0.676. The van der Waals surface area contributed by atoms with E-state index in [1.807, 2.05) is 60.1 Å². The van der Waals surface area contributed by atoms with Crippen molar-refractivity contribution in [3.63, 3.8) is 0 Å². The van der Waals surface area contributed by atoms with Crippen LogP contribution in [0.3, 0.4) is 0 Å². The molecule has 0 atom stereocenters. The normalized spacial score (nSPS) is 11.0. The van der Waals surface area contributed by atoms with Gasteiger partial charge in [-0.05, 0) is 23.1 Å². The van der Waals surface area contributed by atoms with Gasteiger partial charge < -0.3 is 4.74 Å². The molecule has 6 heteroatoms. The maximum atomic E-state index is 12.0. The number of carbonyl (C=O) groups is 1. The van der Waals surface area contributed by atoms with Crippen LogP contribution in [0.15, 0.2) is 72.3 Å². The van der Waals surface area contributed by atoms with E-state index >= 15 is 0 Å². The highest BCUT2D eigenvalue weighted by Gasteiger charge is 2.15. The molecule has 0 N–H and O–H groups in total. The molecular formula is C21H17N3O2S. The largest absolute Gasteiger partial charge is 0.457 e. The summed E-state index contributed by atoms with van der Waals surface area (Å²) in [6, 6.07) is 15.8. The monoisotopic (exact) mass is 375 g/mol. The number of hydrogen-bond acceptors (Lipinski definition) is 5. The van der Waals surface area contributed by atoms with Crippen LogP contribution in [0.1, 0.15) is 11.1 Å². The Morgan fingerprint density at radius 3 is 2.78 bits per heavy atom. The highest BCUT2D eigenvalue weighted by Crippen LogP contribution is 2.28. The van der Waals surface area contributed by atoms with Crippen molar-refractivity contribution in [2.24, 2.45) is 0 Å². The first-order chi connectivity index (χ1) is 13.2. The second-order valence-electron chi connectivity index (χ2n) is 5.65. The molecule has 0 bridgehead atoms. The minimum absolute atomic E-state index is 0.0584. The molecule has 2 aromatic heterocycles. The summed E-state index contributed by atoms with van der Waals surface area (Å²) in [7, 11) is 0. The second kappa shape index (κ2) is 8.79. The molecule has 0 saturated carbocycles. The third kappa shape index (κ3) is 4.60. The van der Waals surface area contributed by atoms with Gasteiger partial charge in [0.25, 0.3) is 0 Å². The van der Waals surface area contributed by atoms with Crippen LogP contribution < -0.4 is 0 Å². The van der Waals surface area contributed by atoms with Crippen molar-refractivity contribution in [1.82, 2.24) is 9.78 Å². The van der Waals surface area contributed by atoms with Crippen LogP contribution in [0.25, 0.3) is 16.6 Å². The third-order valence-corrected chi connectivity index (χ3v) is 4.58. The van der Waals surface area contributed by atoms with E-state index in [2.05, 4.69) is 11.7 Å². The SMILES string of the molecule is C=CCOC(=O)/C(C#N)=C/c1cn(Cc2ccccc2)nc1-c1cccs1. The summed E-state index contributed by atoms with van der Waals surface area (Å²) in [4.78, 5) is 13.0. The number of aromatic nitrogens is 2. The van der Waals surface area contributed by atoms with Crippen LogP contribution in [0.2, 0.25) is 0 Å². The number of benzene rings is 1. The van der Waals surface area contributed by atoms with Gasteiger partial charge in [-0.25, -0.2) is 4.79 Å². The van der Waals surface area contributed by atoms with Gasteiger partial charge in [0.15, 0.2) is 0 Å². The lowest BCUT2D eigenvalue weighted by Gasteiger charge is -2.00. The molecule has 27 heavy (non-hydrogen) atoms. The number of esters is 1. The number of carbonyl (C=O) groups excluding carboxylic acids is 1. The summed E-state index contributed by atoms with van der Waals surface area (Å²) in [5.41, 5.74) is 2.46. The van der Waals surface area contributed by atoms with Crippen LogP contribution in [0, 0.1) is 11.3 Å². The van der Waals surface area contributed by atoms with E-state index in [0.29, 0.717) is 12.1 Å². The van der Waals surface area contributed by atoms with E-state index in [9.17, 15) is 10.1 Å². The van der Waals surface area contributed by atoms with E-state index in [0.717, 1.165) is 16.1 Å². The Morgan fingerprint density at radius 1 is 1.30 bits per heavy atom. The summed E-state index contributed by atoms with van der Waals surface area (Å²) in [5.74, 6) is -0.676. The predicted molar refractivity (Wildman–Crippen MR) is 106 cm³/mol. The van der Waals surface area contributed by atoms with Crippen molar-refractivity contribution >= 4 is 23.4 Å². The van der Waals surface area contributed by atoms with Gasteiger partial charge in [0.05, 0.1) is 11.4 Å². The van der Waals surface area contributed by atoms with Crippen molar-refractivity contribution in [2.75, 3.05) is 6.61 Å². The molecule has 0 amide bonds. The average Bonchev–Trinajstić information content (AvgIpc) is 3.34. The van der Waals surface area contributed by atoms with E-state index in [1.165, 1.54) is 12.2 Å². The Balaban J connectivity index is 1.97. The molecule has 0 aliphatic heterocycles. The van der Waals surface area contributed by atoms with Gasteiger partial charge in [0, 0.05) is 11.8 Å². The summed E-state index contributed by atoms with van der Waals surface area (Å²) >= 11 is 1.55. The van der Waals surface area contributed by atoms with Crippen molar-refractivity contribution in [3.05, 3.63) is 83.4 Å². The molecule has 0 unspecified atom stereocenters. The van der Waals surface area contributed by atoms with Gasteiger partial charge >= 0.3 is 5.97 Å². The maximum Gasteiger partial charge on any atom is 0.349 e. The fourth-order valence-electron chi connectivity index (χ4n) is 2.50. The Morgan fingerprint density at radius 2 is 2.11 bits per heavy atom. The van der Waals surface area contributed by atoms with Crippen LogP contribution in [-0.4, -0.2) is 22.4 Å². The highest BCUT2D eigenvalue weighted by molar-refractivity contribution is 7.13. The highest BCUT2D eigenvalue weighted by atomic mass is 32.1. The van der Waals surface area contributed by atoms with Gasteiger partial charge in [0.1, 0.15) is 23.9 Å². The Labute approximate surface area is 161 Å². The predicted octanol–water partition coefficient (Wildman–Crippen LogP) is 4.30. The van der Waals surface area contributed by atoms with Gasteiger partial charge in [-0.3, -0.25) is 4.68 Å². The standard InChI is InChI=1S/C21H17N3O2S/c1-2-10-26-21(25)17(13-22)12-18-15-24(14-16-7-4-3-5-8-16)23-20(18)19-9-6-11-27-19/h2-9,11-12,15H,1,10,14H2/b17-12+. The first-order valence-corrected chi connectivity index (χ1v) is 9.14. The number of rotatable bonds is 7. The molecule has 2 heterocycles. The van der Waals surface area contributed by atoms with Crippen LogP contribution in [-0.2, 0) is 16.1 Å². The van der Waals surface area contributed by atoms with Crippen molar-refractivity contribution in [1.29, 1.82) is 5.26 Å². The molecule has 0 aliphatic carbocycles. The number of ether oxygens (including phenoxy) is 1. The number of nitriles is 1. The summed E-state index contributed by atoms with van der Waals surface area (Å²) in [6.07, 6.45) is 4.82. The molecule has 3 rings (SSSR count). The van der Waals surface area contributed by atoms with E-state index < -0.39 is 5.97 Å². The number of thiophene rings is 1. The lowest BCUT2D eigenvalue weighted by Crippen LogP contribution is -2.06. The zero-order chi connectivity index (χ0) is 19.1. The Hall–Kier alpha value is -3.43. The summed E-state index contributed by atoms with van der Waals surface area (Å²) in [5, 5.41) is 16.0. The van der Waals surface area contributed by atoms with Crippen LogP contribution >= 0.6 is 11.3 Å². The van der Waals surface area contributed by atoms with Crippen molar-refractivity contribution in [2.45, 2.75) is 6.54 Å². The number of nitrogens with zero attached hydrogens (tertiary/aromatic N) is 3. The molecule has 0 saturated heterocycles. The minimum Gasteiger partial charge on any atom is -0.457 e. The topological polar surface area (TPSA) is 67.9 Å². The van der Waals surface area contributed by atoms with Gasteiger partial charge in [-0.2, -0.15) is 10.4 Å². The average molecular weight is 375 g/mol. The molecule has 1 aromatic carbocycles. The fourth-order valence-corrected chi connectivity index (χ4v) is 3.23. The van der Waals surface area contributed by atoms with Crippen molar-refractivity contribution in [3.8, 4) is 16.6 Å². The lowest BCUT2D eigenvalue weighted by atomic mass is 10.1. The van der Waals surface area contributed by atoms with Crippen LogP contribution in [0.5, 0.6) is 0 Å². The van der Waals surface area contributed by atoms with Gasteiger partial charge in [-0.15, -0.1) is 11.3 Å². The molecule has 134 valence electrons. The molecule has 3 aromatic rings. The van der Waals surface area contributed by atoms with Gasteiger partial charge in [-0.1, -0.05) is 49.1 Å². The quantitative estimate of drug-likeness (QED) is 0.267. The van der Waals surface area contributed by atoms with Gasteiger partial charge in [0.2, 0.25) is 0 Å². The van der Waals surface area contributed by atoms with E-state index in [-0.39, 0.29) is 12.2 Å². The first kappa shape index (κ1) is 18.4. The zero-order valence-corrected chi connectivity index (χ0v) is 15.4. The Kier molecular flexibility index (Phi) is 5.98. The maximum absolute atomic E-state index is 12.0. The molecule has 0 radical (unpaired) electrons. The van der Waals surface area contributed by atoms with Crippen molar-refractivity contribution < 1.29 is 9.53 Å². The summed E-state index contributed by atoms with van der Waals surface area (Å²) in [6.45, 7) is 4.15. The molecule has 0 spiro atoms. The zero-order valence-electron chi connectivity index (χ0n) is 14.5. The second-order valence-corrected chi connectivity index (χ2v) is 6.60. The molecule has 0 aliphatic rings.